The van der Waals surface area contributed by atoms with Crippen LogP contribution in [0.5, 0.6) is 0 Å². The van der Waals surface area contributed by atoms with Gasteiger partial charge in [-0.3, -0.25) is 0 Å². The molecular formula is C26H32N2O6. The van der Waals surface area contributed by atoms with E-state index in [1.165, 1.54) is 0 Å². The molecule has 0 aromatic heterocycles. The van der Waals surface area contributed by atoms with Crippen LogP contribution in [0, 0.1) is 5.41 Å². The van der Waals surface area contributed by atoms with E-state index in [4.69, 9.17) is 9.57 Å². The zero-order valence-corrected chi connectivity index (χ0v) is 19.8. The van der Waals surface area contributed by atoms with Gasteiger partial charge in [0, 0.05) is 12.5 Å². The first-order valence-corrected chi connectivity index (χ1v) is 11.5. The number of hydrogen-bond donors (Lipinski definition) is 3. The van der Waals surface area contributed by atoms with Gasteiger partial charge >= 0.3 is 18.0 Å². The number of carboxylic acid groups (broad SMARTS) is 1. The van der Waals surface area contributed by atoms with Crippen molar-refractivity contribution in [2.75, 3.05) is 13.2 Å². The van der Waals surface area contributed by atoms with Crippen LogP contribution in [0.1, 0.15) is 57.1 Å². The predicted molar refractivity (Wildman–Crippen MR) is 127 cm³/mol. The summed E-state index contributed by atoms with van der Waals surface area (Å²) in [7, 11) is 0. The minimum absolute atomic E-state index is 0.0942. The summed E-state index contributed by atoms with van der Waals surface area (Å²) >= 11 is 0. The number of carboxylic acids is 1. The molecule has 0 fully saturated rings. The van der Waals surface area contributed by atoms with Crippen LogP contribution in [0.2, 0.25) is 0 Å². The Labute approximate surface area is 199 Å². The van der Waals surface area contributed by atoms with E-state index >= 15 is 0 Å². The molecule has 0 heterocycles. The Balaban J connectivity index is 1.45. The molecule has 8 heteroatoms. The highest BCUT2D eigenvalue weighted by atomic mass is 16.7. The van der Waals surface area contributed by atoms with E-state index in [9.17, 15) is 19.5 Å². The number of alkyl carbamates (subject to hydrolysis) is 1. The molecule has 3 N–H and O–H groups in total. The molecule has 3 rings (SSSR count). The van der Waals surface area contributed by atoms with Crippen LogP contribution in [0.25, 0.3) is 11.1 Å². The van der Waals surface area contributed by atoms with Crippen molar-refractivity contribution in [3.8, 4) is 11.1 Å². The van der Waals surface area contributed by atoms with Crippen LogP contribution in [-0.4, -0.2) is 42.3 Å². The SMILES string of the molecule is CC(C)(C)C(=O)ONCCCC[C@H](NC(=O)OCC1c2ccccc2-c2ccccc21)C(=O)O. The van der Waals surface area contributed by atoms with E-state index in [0.717, 1.165) is 22.3 Å². The molecule has 0 bridgehead atoms. The third-order valence-corrected chi connectivity index (χ3v) is 5.73. The molecule has 0 saturated carbocycles. The number of amides is 1. The summed E-state index contributed by atoms with van der Waals surface area (Å²) in [5.41, 5.74) is 6.41. The summed E-state index contributed by atoms with van der Waals surface area (Å²) in [5, 5.41) is 11.9. The Kier molecular flexibility index (Phi) is 8.28. The van der Waals surface area contributed by atoms with E-state index in [0.29, 0.717) is 19.4 Å². The number of carbonyl (C=O) groups is 3. The fourth-order valence-electron chi connectivity index (χ4n) is 3.86. The molecule has 2 aromatic carbocycles. The topological polar surface area (TPSA) is 114 Å². The standard InChI is InChI=1S/C26H32N2O6/c1-26(2,3)24(31)34-27-15-9-8-14-22(23(29)30)28-25(32)33-16-21-19-12-6-4-10-17(19)18-11-5-7-13-20(18)21/h4-7,10-13,21-22,27H,8-9,14-16H2,1-3H3,(H,28,32)(H,29,30)/t22-/m0/s1. The minimum atomic E-state index is -1.12. The van der Waals surface area contributed by atoms with Crippen LogP contribution in [0.3, 0.4) is 0 Å². The van der Waals surface area contributed by atoms with Crippen molar-refractivity contribution in [1.82, 2.24) is 10.8 Å². The van der Waals surface area contributed by atoms with E-state index in [1.54, 1.807) is 20.8 Å². The van der Waals surface area contributed by atoms with Gasteiger partial charge < -0.3 is 20.0 Å². The van der Waals surface area contributed by atoms with Crippen molar-refractivity contribution in [3.05, 3.63) is 59.7 Å². The van der Waals surface area contributed by atoms with E-state index in [1.807, 2.05) is 48.5 Å². The van der Waals surface area contributed by atoms with Gasteiger partial charge in [0.05, 0.1) is 5.41 Å². The molecule has 8 nitrogen and oxygen atoms in total. The molecule has 1 amide bonds. The van der Waals surface area contributed by atoms with Gasteiger partial charge in [0.1, 0.15) is 12.6 Å². The predicted octanol–water partition coefficient (Wildman–Crippen LogP) is 4.24. The smallest absolute Gasteiger partial charge is 0.407 e. The van der Waals surface area contributed by atoms with Gasteiger partial charge in [-0.2, -0.15) is 5.48 Å². The lowest BCUT2D eigenvalue weighted by molar-refractivity contribution is -0.160. The number of hydrogen-bond acceptors (Lipinski definition) is 6. The van der Waals surface area contributed by atoms with Crippen LogP contribution in [0.4, 0.5) is 4.79 Å². The number of nitrogens with one attached hydrogen (secondary N) is 2. The van der Waals surface area contributed by atoms with Crippen molar-refractivity contribution in [2.45, 2.75) is 52.0 Å². The van der Waals surface area contributed by atoms with Gasteiger partial charge in [-0.1, -0.05) is 48.5 Å². The molecule has 0 spiro atoms. The Hall–Kier alpha value is -3.39. The van der Waals surface area contributed by atoms with Crippen molar-refractivity contribution >= 4 is 18.0 Å². The Morgan fingerprint density at radius 2 is 1.56 bits per heavy atom. The lowest BCUT2D eigenvalue weighted by Gasteiger charge is -2.18. The number of ether oxygens (including phenoxy) is 1. The van der Waals surface area contributed by atoms with Crippen molar-refractivity contribution in [2.24, 2.45) is 5.41 Å². The van der Waals surface area contributed by atoms with E-state index < -0.39 is 23.5 Å². The highest BCUT2D eigenvalue weighted by molar-refractivity contribution is 5.81. The molecule has 0 radical (unpaired) electrons. The first kappa shape index (κ1) is 25.2. The van der Waals surface area contributed by atoms with Gasteiger partial charge in [-0.15, -0.1) is 0 Å². The molecule has 182 valence electrons. The molecule has 0 saturated heterocycles. The quantitative estimate of drug-likeness (QED) is 0.353. The van der Waals surface area contributed by atoms with Gasteiger partial charge in [0.2, 0.25) is 0 Å². The second-order valence-electron chi connectivity index (χ2n) is 9.39. The zero-order chi connectivity index (χ0) is 24.7. The summed E-state index contributed by atoms with van der Waals surface area (Å²) < 4.78 is 5.44. The minimum Gasteiger partial charge on any atom is -0.480 e. The first-order valence-electron chi connectivity index (χ1n) is 11.5. The van der Waals surface area contributed by atoms with Crippen molar-refractivity contribution in [3.63, 3.8) is 0 Å². The number of aliphatic carboxylic acids is 1. The summed E-state index contributed by atoms with van der Waals surface area (Å²) in [6.07, 6.45) is 0.564. The molecular weight excluding hydrogens is 436 g/mol. The Morgan fingerprint density at radius 3 is 2.12 bits per heavy atom. The normalized spacial score (nSPS) is 13.5. The maximum absolute atomic E-state index is 12.4. The molecule has 1 aliphatic rings. The molecule has 1 atom stereocenters. The summed E-state index contributed by atoms with van der Waals surface area (Å²) in [6.45, 7) is 5.77. The first-order chi connectivity index (χ1) is 16.2. The van der Waals surface area contributed by atoms with Crippen LogP contribution in [0.15, 0.2) is 48.5 Å². The van der Waals surface area contributed by atoms with E-state index in [2.05, 4.69) is 10.8 Å². The number of unbranched alkanes of at least 4 members (excludes halogenated alkanes) is 1. The average molecular weight is 469 g/mol. The van der Waals surface area contributed by atoms with Crippen molar-refractivity contribution < 1.29 is 29.1 Å². The second kappa shape index (κ2) is 11.2. The van der Waals surface area contributed by atoms with Crippen LogP contribution < -0.4 is 10.8 Å². The second-order valence-corrected chi connectivity index (χ2v) is 9.39. The molecule has 0 aliphatic heterocycles. The maximum atomic E-state index is 12.4. The lowest BCUT2D eigenvalue weighted by atomic mass is 9.98. The fraction of sp³-hybridized carbons (Fsp3) is 0.423. The number of carbonyl (C=O) groups excluding carboxylic acids is 2. The summed E-state index contributed by atoms with van der Waals surface area (Å²) in [4.78, 5) is 40.6. The Bertz CT molecular complexity index is 984. The highest BCUT2D eigenvalue weighted by Crippen LogP contribution is 2.44. The lowest BCUT2D eigenvalue weighted by Crippen LogP contribution is -2.41. The van der Waals surface area contributed by atoms with Crippen LogP contribution in [-0.2, 0) is 19.2 Å². The fourth-order valence-corrected chi connectivity index (χ4v) is 3.86. The highest BCUT2D eigenvalue weighted by Gasteiger charge is 2.29. The summed E-state index contributed by atoms with van der Waals surface area (Å²) in [5.74, 6) is -1.59. The summed E-state index contributed by atoms with van der Waals surface area (Å²) in [6, 6.07) is 14.9. The number of fused-ring (bicyclic) bond motifs is 3. The zero-order valence-electron chi connectivity index (χ0n) is 19.8. The number of rotatable bonds is 10. The van der Waals surface area contributed by atoms with Gasteiger partial charge in [0.25, 0.3) is 0 Å². The third-order valence-electron chi connectivity index (χ3n) is 5.73. The van der Waals surface area contributed by atoms with Gasteiger partial charge in [-0.05, 0) is 62.3 Å². The molecule has 34 heavy (non-hydrogen) atoms. The van der Waals surface area contributed by atoms with E-state index in [-0.39, 0.29) is 24.9 Å². The van der Waals surface area contributed by atoms with Gasteiger partial charge in [-0.25, -0.2) is 14.4 Å². The van der Waals surface area contributed by atoms with Crippen molar-refractivity contribution in [1.29, 1.82) is 0 Å². The monoisotopic (exact) mass is 468 g/mol. The van der Waals surface area contributed by atoms with Crippen LogP contribution >= 0.6 is 0 Å². The Morgan fingerprint density at radius 1 is 0.971 bits per heavy atom. The number of hydroxylamine groups is 1. The number of benzene rings is 2. The maximum Gasteiger partial charge on any atom is 0.407 e. The van der Waals surface area contributed by atoms with Gasteiger partial charge in [0.15, 0.2) is 0 Å². The molecule has 1 aliphatic carbocycles. The molecule has 2 aromatic rings. The molecule has 0 unspecified atom stereocenters. The third kappa shape index (κ3) is 6.35. The largest absolute Gasteiger partial charge is 0.480 e. The average Bonchev–Trinajstić information content (AvgIpc) is 3.12.